The molecule has 1 aliphatic heterocycles. The van der Waals surface area contributed by atoms with Crippen LogP contribution < -0.4 is 4.74 Å². The smallest absolute Gasteiger partial charge is 0.138 e. The maximum Gasteiger partial charge on any atom is 0.138 e. The van der Waals surface area contributed by atoms with Gasteiger partial charge in [-0.1, -0.05) is 23.2 Å². The molecule has 0 bridgehead atoms. The molecule has 1 fully saturated rings. The molecule has 17 heavy (non-hydrogen) atoms. The fourth-order valence-electron chi connectivity index (χ4n) is 1.70. The molecule has 1 saturated heterocycles. The first kappa shape index (κ1) is 13.0. The molecular formula is C12H14Cl2O3. The van der Waals surface area contributed by atoms with Gasteiger partial charge in [0.05, 0.1) is 5.02 Å². The highest BCUT2D eigenvalue weighted by molar-refractivity contribution is 6.35. The minimum absolute atomic E-state index is 0.220. The lowest BCUT2D eigenvalue weighted by Crippen LogP contribution is -2.41. The van der Waals surface area contributed by atoms with Crippen LogP contribution in [0.4, 0.5) is 0 Å². The van der Waals surface area contributed by atoms with Gasteiger partial charge in [-0.25, -0.2) is 0 Å². The van der Waals surface area contributed by atoms with Crippen molar-refractivity contribution in [3.05, 3.63) is 28.2 Å². The maximum atomic E-state index is 10.2. The Morgan fingerprint density at radius 2 is 2.00 bits per heavy atom. The quantitative estimate of drug-likeness (QED) is 0.923. The third-order valence-electron chi connectivity index (χ3n) is 2.81. The van der Waals surface area contributed by atoms with E-state index in [4.69, 9.17) is 32.7 Å². The van der Waals surface area contributed by atoms with E-state index < -0.39 is 5.60 Å². The fourth-order valence-corrected chi connectivity index (χ4v) is 2.16. The van der Waals surface area contributed by atoms with Crippen molar-refractivity contribution in [2.45, 2.75) is 18.4 Å². The highest BCUT2D eigenvalue weighted by atomic mass is 35.5. The third-order valence-corrected chi connectivity index (χ3v) is 3.34. The van der Waals surface area contributed by atoms with Crippen LogP contribution in [0.25, 0.3) is 0 Å². The predicted molar refractivity (Wildman–Crippen MR) is 67.0 cm³/mol. The second kappa shape index (κ2) is 5.44. The zero-order chi connectivity index (χ0) is 12.3. The van der Waals surface area contributed by atoms with Crippen LogP contribution in [0.1, 0.15) is 12.8 Å². The third kappa shape index (κ3) is 3.49. The van der Waals surface area contributed by atoms with Crippen LogP contribution in [0.2, 0.25) is 10.0 Å². The lowest BCUT2D eigenvalue weighted by Gasteiger charge is -2.31. The SMILES string of the molecule is OC1(COc2ccc(Cl)cc2Cl)CCOCC1. The van der Waals surface area contributed by atoms with Gasteiger partial charge in [-0.05, 0) is 18.2 Å². The van der Waals surface area contributed by atoms with E-state index in [2.05, 4.69) is 0 Å². The fraction of sp³-hybridized carbons (Fsp3) is 0.500. The highest BCUT2D eigenvalue weighted by Gasteiger charge is 2.30. The summed E-state index contributed by atoms with van der Waals surface area (Å²) in [5.74, 6) is 0.538. The van der Waals surface area contributed by atoms with E-state index in [1.54, 1.807) is 18.2 Å². The van der Waals surface area contributed by atoms with Gasteiger partial charge in [0.1, 0.15) is 18.0 Å². The molecule has 2 rings (SSSR count). The molecule has 0 radical (unpaired) electrons. The normalized spacial score (nSPS) is 19.0. The standard InChI is InChI=1S/C12H14Cl2O3/c13-9-1-2-11(10(14)7-9)17-8-12(15)3-5-16-6-4-12/h1-2,7,15H,3-6,8H2. The summed E-state index contributed by atoms with van der Waals surface area (Å²) in [6, 6.07) is 5.02. The Kier molecular flexibility index (Phi) is 4.15. The van der Waals surface area contributed by atoms with Crippen molar-refractivity contribution in [3.63, 3.8) is 0 Å². The van der Waals surface area contributed by atoms with Crippen LogP contribution in [0.5, 0.6) is 5.75 Å². The van der Waals surface area contributed by atoms with E-state index in [0.29, 0.717) is 41.9 Å². The largest absolute Gasteiger partial charge is 0.489 e. The van der Waals surface area contributed by atoms with Crippen LogP contribution >= 0.6 is 23.2 Å². The number of benzene rings is 1. The van der Waals surface area contributed by atoms with Gasteiger partial charge in [0, 0.05) is 31.1 Å². The van der Waals surface area contributed by atoms with Crippen LogP contribution in [0, 0.1) is 0 Å². The molecule has 0 unspecified atom stereocenters. The van der Waals surface area contributed by atoms with E-state index in [-0.39, 0.29) is 6.61 Å². The summed E-state index contributed by atoms with van der Waals surface area (Å²) in [4.78, 5) is 0. The average Bonchev–Trinajstić information content (AvgIpc) is 2.29. The first-order chi connectivity index (χ1) is 8.09. The molecule has 0 saturated carbocycles. The Morgan fingerprint density at radius 3 is 2.65 bits per heavy atom. The first-order valence-corrected chi connectivity index (χ1v) is 6.23. The summed E-state index contributed by atoms with van der Waals surface area (Å²) >= 11 is 11.8. The number of aliphatic hydroxyl groups is 1. The van der Waals surface area contributed by atoms with Crippen molar-refractivity contribution in [2.24, 2.45) is 0 Å². The van der Waals surface area contributed by atoms with Gasteiger partial charge in [0.15, 0.2) is 0 Å². The van der Waals surface area contributed by atoms with Crippen LogP contribution in [0.3, 0.4) is 0 Å². The molecule has 3 nitrogen and oxygen atoms in total. The van der Waals surface area contributed by atoms with Gasteiger partial charge in [-0.2, -0.15) is 0 Å². The van der Waals surface area contributed by atoms with E-state index in [1.807, 2.05) is 0 Å². The summed E-state index contributed by atoms with van der Waals surface area (Å²) in [5, 5.41) is 11.2. The molecule has 5 heteroatoms. The number of hydrogen-bond acceptors (Lipinski definition) is 3. The van der Waals surface area contributed by atoms with Gasteiger partial charge >= 0.3 is 0 Å². The minimum Gasteiger partial charge on any atom is -0.489 e. The summed E-state index contributed by atoms with van der Waals surface area (Å²) in [6.45, 7) is 1.35. The lowest BCUT2D eigenvalue weighted by molar-refractivity contribution is -0.0855. The topological polar surface area (TPSA) is 38.7 Å². The van der Waals surface area contributed by atoms with Gasteiger partial charge < -0.3 is 14.6 Å². The molecule has 0 amide bonds. The van der Waals surface area contributed by atoms with Gasteiger partial charge in [-0.3, -0.25) is 0 Å². The number of ether oxygens (including phenoxy) is 2. The van der Waals surface area contributed by atoms with Crippen LogP contribution in [-0.4, -0.2) is 30.5 Å². The van der Waals surface area contributed by atoms with Crippen LogP contribution in [-0.2, 0) is 4.74 Å². The Balaban J connectivity index is 1.97. The Hall–Kier alpha value is -0.480. The van der Waals surface area contributed by atoms with Gasteiger partial charge in [0.25, 0.3) is 0 Å². The molecule has 1 heterocycles. The molecule has 0 aliphatic carbocycles. The number of rotatable bonds is 3. The first-order valence-electron chi connectivity index (χ1n) is 5.47. The maximum absolute atomic E-state index is 10.2. The van der Waals surface area contributed by atoms with Crippen LogP contribution in [0.15, 0.2) is 18.2 Å². The molecule has 0 spiro atoms. The van der Waals surface area contributed by atoms with E-state index >= 15 is 0 Å². The number of hydrogen-bond donors (Lipinski definition) is 1. The van der Waals surface area contributed by atoms with E-state index in [0.717, 1.165) is 0 Å². The summed E-state index contributed by atoms with van der Waals surface area (Å²) < 4.78 is 10.7. The number of halogens is 2. The zero-order valence-corrected chi connectivity index (χ0v) is 10.8. The van der Waals surface area contributed by atoms with E-state index in [9.17, 15) is 5.11 Å². The molecule has 1 aromatic rings. The van der Waals surface area contributed by atoms with Crippen molar-refractivity contribution < 1.29 is 14.6 Å². The molecule has 1 aromatic carbocycles. The van der Waals surface area contributed by atoms with Gasteiger partial charge in [-0.15, -0.1) is 0 Å². The molecule has 0 atom stereocenters. The summed E-state index contributed by atoms with van der Waals surface area (Å²) in [5.41, 5.74) is -0.818. The average molecular weight is 277 g/mol. The van der Waals surface area contributed by atoms with Crippen molar-refractivity contribution in [3.8, 4) is 5.75 Å². The highest BCUT2D eigenvalue weighted by Crippen LogP contribution is 2.29. The molecule has 0 aromatic heterocycles. The second-order valence-electron chi connectivity index (χ2n) is 4.20. The zero-order valence-electron chi connectivity index (χ0n) is 9.29. The Morgan fingerprint density at radius 1 is 1.29 bits per heavy atom. The molecule has 1 aliphatic rings. The predicted octanol–water partition coefficient (Wildman–Crippen LogP) is 2.91. The van der Waals surface area contributed by atoms with E-state index in [1.165, 1.54) is 0 Å². The monoisotopic (exact) mass is 276 g/mol. The second-order valence-corrected chi connectivity index (χ2v) is 5.04. The minimum atomic E-state index is -0.818. The summed E-state index contributed by atoms with van der Waals surface area (Å²) in [6.07, 6.45) is 1.16. The molecular weight excluding hydrogens is 263 g/mol. The van der Waals surface area contributed by atoms with Gasteiger partial charge in [0.2, 0.25) is 0 Å². The summed E-state index contributed by atoms with van der Waals surface area (Å²) in [7, 11) is 0. The van der Waals surface area contributed by atoms with Crippen molar-refractivity contribution in [1.29, 1.82) is 0 Å². The Labute approximate surface area is 110 Å². The Bertz CT molecular complexity index is 389. The molecule has 1 N–H and O–H groups in total. The lowest BCUT2D eigenvalue weighted by atomic mass is 9.96. The van der Waals surface area contributed by atoms with Crippen molar-refractivity contribution in [1.82, 2.24) is 0 Å². The molecule has 94 valence electrons. The van der Waals surface area contributed by atoms with Crippen molar-refractivity contribution >= 4 is 23.2 Å². The van der Waals surface area contributed by atoms with Crippen molar-refractivity contribution in [2.75, 3.05) is 19.8 Å².